The van der Waals surface area contributed by atoms with Crippen molar-refractivity contribution < 1.29 is 22.7 Å². The molecule has 1 aliphatic rings. The molecule has 0 aliphatic carbocycles. The summed E-state index contributed by atoms with van der Waals surface area (Å²) in [5.41, 5.74) is 0.466. The Labute approximate surface area is 163 Å². The molecule has 148 valence electrons. The summed E-state index contributed by atoms with van der Waals surface area (Å²) in [5, 5.41) is 2.74. The van der Waals surface area contributed by atoms with Crippen LogP contribution >= 0.6 is 11.3 Å². The lowest BCUT2D eigenvalue weighted by Crippen LogP contribution is -2.28. The fraction of sp³-hybridized carbons (Fsp3) is 0.389. The lowest BCUT2D eigenvalue weighted by molar-refractivity contribution is -0.114. The lowest BCUT2D eigenvalue weighted by Gasteiger charge is -2.19. The van der Waals surface area contributed by atoms with Crippen LogP contribution in [0.25, 0.3) is 11.1 Å². The van der Waals surface area contributed by atoms with Gasteiger partial charge in [0.1, 0.15) is 11.6 Å². The highest BCUT2D eigenvalue weighted by molar-refractivity contribution is 7.15. The first-order chi connectivity index (χ1) is 13.4. The number of halogens is 2. The highest BCUT2D eigenvalue weighted by Crippen LogP contribution is 2.30. The molecule has 3 heterocycles. The molecular weight excluding hydrogens is 390 g/mol. The first-order valence-electron chi connectivity index (χ1n) is 8.77. The number of oxazole rings is 1. The zero-order chi connectivity index (χ0) is 19.8. The topological polar surface area (TPSA) is 80.5 Å². The first kappa shape index (κ1) is 18.8. The van der Waals surface area contributed by atoms with Crippen LogP contribution in [0.4, 0.5) is 13.9 Å². The molecule has 0 radical (unpaired) electrons. The van der Waals surface area contributed by atoms with E-state index < -0.39 is 11.8 Å². The quantitative estimate of drug-likeness (QED) is 0.695. The Morgan fingerprint density at radius 1 is 1.43 bits per heavy atom. The minimum Gasteiger partial charge on any atom is -0.445 e. The van der Waals surface area contributed by atoms with Crippen molar-refractivity contribution in [3.05, 3.63) is 34.8 Å². The van der Waals surface area contributed by atoms with Crippen LogP contribution < -0.4 is 10.1 Å². The van der Waals surface area contributed by atoms with Crippen molar-refractivity contribution in [3.63, 3.8) is 0 Å². The average Bonchev–Trinajstić information content (AvgIpc) is 3.27. The Bertz CT molecular complexity index is 1020. The van der Waals surface area contributed by atoms with E-state index in [4.69, 9.17) is 9.15 Å². The third kappa shape index (κ3) is 3.83. The maximum absolute atomic E-state index is 14.1. The van der Waals surface area contributed by atoms with Gasteiger partial charge in [0.05, 0.1) is 4.88 Å². The number of nitrogens with one attached hydrogen (secondary N) is 1. The van der Waals surface area contributed by atoms with Gasteiger partial charge in [0.2, 0.25) is 11.9 Å². The van der Waals surface area contributed by atoms with E-state index in [9.17, 15) is 13.6 Å². The summed E-state index contributed by atoms with van der Waals surface area (Å²) in [6.07, 6.45) is 0.508. The van der Waals surface area contributed by atoms with Crippen LogP contribution in [0.2, 0.25) is 0 Å². The van der Waals surface area contributed by atoms with Crippen LogP contribution in [-0.2, 0) is 11.3 Å². The number of hydrogen-bond donors (Lipinski definition) is 1. The summed E-state index contributed by atoms with van der Waals surface area (Å²) >= 11 is 1.11. The van der Waals surface area contributed by atoms with Crippen LogP contribution in [0.1, 0.15) is 25.1 Å². The average molecular weight is 408 g/mol. The second-order valence-corrected chi connectivity index (χ2v) is 7.82. The van der Waals surface area contributed by atoms with Crippen molar-refractivity contribution in [2.75, 3.05) is 11.9 Å². The summed E-state index contributed by atoms with van der Waals surface area (Å²) in [5.74, 6) is -1.34. The summed E-state index contributed by atoms with van der Waals surface area (Å²) < 4.78 is 39.1. The fourth-order valence-electron chi connectivity index (χ4n) is 3.26. The number of thiazole rings is 1. The number of ether oxygens (including phenoxy) is 1. The van der Waals surface area contributed by atoms with Crippen molar-refractivity contribution in [3.8, 4) is 6.08 Å². The standard InChI is InChI=1S/C18H18F2N4O3S/c1-9-6-11(26-18-22-15-12(19)4-3-5-13(15)27-18)7-24(9)8-14-16(20)23-17(28-14)21-10(2)25/h3-5,9,11H,6-8H2,1-2H3,(H,21,23,25)/t9-,11+/m0/s1. The number of anilines is 1. The van der Waals surface area contributed by atoms with Gasteiger partial charge in [0, 0.05) is 32.5 Å². The van der Waals surface area contributed by atoms with Gasteiger partial charge >= 0.3 is 6.08 Å². The Hall–Kier alpha value is -2.59. The molecule has 2 atom stereocenters. The van der Waals surface area contributed by atoms with Crippen molar-refractivity contribution >= 4 is 33.5 Å². The van der Waals surface area contributed by atoms with Crippen molar-refractivity contribution in [1.29, 1.82) is 0 Å². The van der Waals surface area contributed by atoms with Gasteiger partial charge in [-0.25, -0.2) is 4.39 Å². The van der Waals surface area contributed by atoms with Gasteiger partial charge < -0.3 is 14.5 Å². The van der Waals surface area contributed by atoms with Gasteiger partial charge in [0.15, 0.2) is 16.5 Å². The number of rotatable bonds is 5. The highest BCUT2D eigenvalue weighted by atomic mass is 32.1. The van der Waals surface area contributed by atoms with E-state index in [0.29, 0.717) is 30.0 Å². The van der Waals surface area contributed by atoms with Crippen molar-refractivity contribution in [1.82, 2.24) is 14.9 Å². The van der Waals surface area contributed by atoms with Crippen LogP contribution in [0, 0.1) is 11.8 Å². The largest absolute Gasteiger partial charge is 0.445 e. The highest BCUT2D eigenvalue weighted by Gasteiger charge is 2.32. The second kappa shape index (κ2) is 7.44. The fourth-order valence-corrected chi connectivity index (χ4v) is 4.17. The maximum atomic E-state index is 14.1. The third-order valence-corrected chi connectivity index (χ3v) is 5.49. The lowest BCUT2D eigenvalue weighted by atomic mass is 10.2. The van der Waals surface area contributed by atoms with Gasteiger partial charge in [0.25, 0.3) is 0 Å². The minimum absolute atomic E-state index is 0.0241. The smallest absolute Gasteiger partial charge is 0.395 e. The van der Waals surface area contributed by atoms with E-state index in [1.807, 2.05) is 6.92 Å². The van der Waals surface area contributed by atoms with Crippen LogP contribution in [-0.4, -0.2) is 39.5 Å². The van der Waals surface area contributed by atoms with E-state index in [0.717, 1.165) is 11.3 Å². The Morgan fingerprint density at radius 2 is 2.25 bits per heavy atom. The molecule has 0 unspecified atom stereocenters. The number of para-hydroxylation sites is 1. The van der Waals surface area contributed by atoms with Gasteiger partial charge in [-0.15, -0.1) is 0 Å². The molecule has 1 fully saturated rings. The number of amides is 1. The number of carbonyl (C=O) groups is 1. The van der Waals surface area contributed by atoms with Gasteiger partial charge in [-0.1, -0.05) is 17.4 Å². The molecule has 3 aromatic rings. The number of benzene rings is 1. The monoisotopic (exact) mass is 408 g/mol. The molecule has 1 aliphatic heterocycles. The molecule has 1 N–H and O–H groups in total. The Balaban J connectivity index is 1.42. The molecule has 7 nitrogen and oxygen atoms in total. The van der Waals surface area contributed by atoms with Crippen molar-refractivity contribution in [2.45, 2.75) is 39.0 Å². The van der Waals surface area contributed by atoms with Crippen LogP contribution in [0.3, 0.4) is 0 Å². The first-order valence-corrected chi connectivity index (χ1v) is 9.59. The molecule has 0 bridgehead atoms. The molecule has 2 aromatic heterocycles. The summed E-state index contributed by atoms with van der Waals surface area (Å²) in [7, 11) is 0. The Kier molecular flexibility index (Phi) is 4.98. The summed E-state index contributed by atoms with van der Waals surface area (Å²) in [6.45, 7) is 4.26. The van der Waals surface area contributed by atoms with Crippen LogP contribution in [0.5, 0.6) is 6.08 Å². The number of likely N-dealkylation sites (tertiary alicyclic amines) is 1. The van der Waals surface area contributed by atoms with E-state index in [2.05, 4.69) is 20.2 Å². The third-order valence-electron chi connectivity index (χ3n) is 4.56. The number of fused-ring (bicyclic) bond motifs is 1. The molecule has 4 rings (SSSR count). The number of nitrogens with zero attached hydrogens (tertiary/aromatic N) is 3. The molecule has 0 saturated carbocycles. The summed E-state index contributed by atoms with van der Waals surface area (Å²) in [6, 6.07) is 4.62. The molecule has 1 saturated heterocycles. The molecule has 10 heteroatoms. The molecule has 1 aromatic carbocycles. The SMILES string of the molecule is CC(=O)Nc1nc(F)c(CN2C[C@H](Oc3nc4c(F)cccc4o3)C[C@@H]2C)s1. The predicted octanol–water partition coefficient (Wildman–Crippen LogP) is 3.56. The van der Waals surface area contributed by atoms with E-state index in [1.54, 1.807) is 12.1 Å². The number of carbonyl (C=O) groups excluding carboxylic acids is 1. The number of hydrogen-bond acceptors (Lipinski definition) is 7. The van der Waals surface area contributed by atoms with Gasteiger partial charge in [-0.2, -0.15) is 14.4 Å². The molecular formula is C18H18F2N4O3S. The van der Waals surface area contributed by atoms with E-state index >= 15 is 0 Å². The van der Waals surface area contributed by atoms with Gasteiger partial charge in [-0.3, -0.25) is 9.69 Å². The second-order valence-electron chi connectivity index (χ2n) is 6.73. The molecule has 28 heavy (non-hydrogen) atoms. The Morgan fingerprint density at radius 3 is 3.00 bits per heavy atom. The van der Waals surface area contributed by atoms with E-state index in [-0.39, 0.29) is 34.8 Å². The van der Waals surface area contributed by atoms with Crippen LogP contribution in [0.15, 0.2) is 22.6 Å². The normalized spacial score (nSPS) is 20.0. The summed E-state index contributed by atoms with van der Waals surface area (Å²) in [4.78, 5) is 21.4. The minimum atomic E-state index is -0.584. The predicted molar refractivity (Wildman–Crippen MR) is 99.2 cm³/mol. The molecule has 0 spiro atoms. The molecule has 1 amide bonds. The van der Waals surface area contributed by atoms with Gasteiger partial charge in [-0.05, 0) is 19.1 Å². The zero-order valence-electron chi connectivity index (χ0n) is 15.2. The van der Waals surface area contributed by atoms with E-state index in [1.165, 1.54) is 13.0 Å². The van der Waals surface area contributed by atoms with Crippen molar-refractivity contribution in [2.24, 2.45) is 0 Å². The zero-order valence-corrected chi connectivity index (χ0v) is 16.1. The maximum Gasteiger partial charge on any atom is 0.395 e. The number of aromatic nitrogens is 2.